The number of halogens is 1. The Bertz CT molecular complexity index is 540. The molecule has 2 aromatic rings. The van der Waals surface area contributed by atoms with E-state index in [1.807, 2.05) is 30.3 Å². The van der Waals surface area contributed by atoms with Crippen LogP contribution in [0.15, 0.2) is 54.6 Å². The van der Waals surface area contributed by atoms with Gasteiger partial charge in [-0.2, -0.15) is 0 Å². The van der Waals surface area contributed by atoms with Gasteiger partial charge < -0.3 is 10.1 Å². The molecule has 0 fully saturated rings. The molecule has 0 bridgehead atoms. The van der Waals surface area contributed by atoms with Crippen molar-refractivity contribution >= 4 is 5.91 Å². The number of benzene rings is 2. The van der Waals surface area contributed by atoms with E-state index in [4.69, 9.17) is 4.74 Å². The third-order valence-corrected chi connectivity index (χ3v) is 2.73. The first kappa shape index (κ1) is 14.1. The predicted octanol–water partition coefficient (Wildman–Crippen LogP) is 3.02. The van der Waals surface area contributed by atoms with Gasteiger partial charge in [-0.15, -0.1) is 0 Å². The second-order valence-corrected chi connectivity index (χ2v) is 4.28. The van der Waals surface area contributed by atoms with Gasteiger partial charge in [-0.3, -0.25) is 4.79 Å². The molecule has 0 saturated heterocycles. The highest BCUT2D eigenvalue weighted by Gasteiger charge is 2.04. The number of carbonyl (C=O) groups excluding carboxylic acids is 1. The summed E-state index contributed by atoms with van der Waals surface area (Å²) < 4.78 is 18.2. The maximum Gasteiger partial charge on any atom is 0.251 e. The molecule has 0 spiro atoms. The van der Waals surface area contributed by atoms with Gasteiger partial charge in [0.2, 0.25) is 0 Å². The lowest BCUT2D eigenvalue weighted by Crippen LogP contribution is -2.25. The van der Waals surface area contributed by atoms with Crippen molar-refractivity contribution < 1.29 is 13.9 Å². The molecule has 1 N–H and O–H groups in total. The van der Waals surface area contributed by atoms with E-state index in [2.05, 4.69) is 5.32 Å². The lowest BCUT2D eigenvalue weighted by Gasteiger charge is -2.07. The largest absolute Gasteiger partial charge is 0.494 e. The zero-order valence-electron chi connectivity index (χ0n) is 11.0. The highest BCUT2D eigenvalue weighted by atomic mass is 19.1. The summed E-state index contributed by atoms with van der Waals surface area (Å²) in [5, 5.41) is 2.76. The SMILES string of the molecule is O=C(NCCCOc1ccccc1)c1ccc(F)cc1. The summed E-state index contributed by atoms with van der Waals surface area (Å²) in [6, 6.07) is 15.0. The van der Waals surface area contributed by atoms with Crippen LogP contribution in [0.2, 0.25) is 0 Å². The monoisotopic (exact) mass is 273 g/mol. The molecular formula is C16H16FNO2. The lowest BCUT2D eigenvalue weighted by atomic mass is 10.2. The Labute approximate surface area is 117 Å². The van der Waals surface area contributed by atoms with Crippen LogP contribution in [0.5, 0.6) is 5.75 Å². The third kappa shape index (κ3) is 4.39. The number of para-hydroxylation sites is 1. The molecule has 0 aliphatic carbocycles. The molecular weight excluding hydrogens is 257 g/mol. The number of amides is 1. The molecule has 0 aliphatic rings. The molecule has 1 amide bonds. The van der Waals surface area contributed by atoms with Crippen molar-refractivity contribution in [3.05, 3.63) is 66.0 Å². The van der Waals surface area contributed by atoms with E-state index in [-0.39, 0.29) is 11.7 Å². The highest BCUT2D eigenvalue weighted by molar-refractivity contribution is 5.94. The summed E-state index contributed by atoms with van der Waals surface area (Å²) in [5.74, 6) is 0.264. The standard InChI is InChI=1S/C16H16FNO2/c17-14-9-7-13(8-10-14)16(19)18-11-4-12-20-15-5-2-1-3-6-15/h1-3,5-10H,4,11-12H2,(H,18,19). The summed E-state index contributed by atoms with van der Waals surface area (Å²) in [6.07, 6.45) is 0.710. The van der Waals surface area contributed by atoms with Crippen molar-refractivity contribution in [2.75, 3.05) is 13.2 Å². The zero-order chi connectivity index (χ0) is 14.2. The summed E-state index contributed by atoms with van der Waals surface area (Å²) in [7, 11) is 0. The van der Waals surface area contributed by atoms with Crippen LogP contribution >= 0.6 is 0 Å². The van der Waals surface area contributed by atoms with Crippen LogP contribution < -0.4 is 10.1 Å². The van der Waals surface area contributed by atoms with E-state index < -0.39 is 0 Å². The number of rotatable bonds is 6. The minimum Gasteiger partial charge on any atom is -0.494 e. The van der Waals surface area contributed by atoms with Crippen LogP contribution in [0.4, 0.5) is 4.39 Å². The Morgan fingerprint density at radius 2 is 1.75 bits per heavy atom. The molecule has 0 heterocycles. The molecule has 0 atom stereocenters. The summed E-state index contributed by atoms with van der Waals surface area (Å²) >= 11 is 0. The van der Waals surface area contributed by atoms with Gasteiger partial charge in [0.05, 0.1) is 6.61 Å². The first-order chi connectivity index (χ1) is 9.75. The molecule has 104 valence electrons. The van der Waals surface area contributed by atoms with Gasteiger partial charge in [0.15, 0.2) is 0 Å². The third-order valence-electron chi connectivity index (χ3n) is 2.73. The smallest absolute Gasteiger partial charge is 0.251 e. The second-order valence-electron chi connectivity index (χ2n) is 4.28. The van der Waals surface area contributed by atoms with Crippen molar-refractivity contribution in [2.24, 2.45) is 0 Å². The van der Waals surface area contributed by atoms with Gasteiger partial charge >= 0.3 is 0 Å². The van der Waals surface area contributed by atoms with Crippen LogP contribution in [-0.2, 0) is 0 Å². The maximum atomic E-state index is 12.7. The average Bonchev–Trinajstić information content (AvgIpc) is 2.48. The van der Waals surface area contributed by atoms with Crippen molar-refractivity contribution in [3.63, 3.8) is 0 Å². The van der Waals surface area contributed by atoms with Crippen LogP contribution in [0.25, 0.3) is 0 Å². The number of ether oxygens (including phenoxy) is 1. The van der Waals surface area contributed by atoms with E-state index in [0.29, 0.717) is 25.1 Å². The van der Waals surface area contributed by atoms with Crippen LogP contribution in [0, 0.1) is 5.82 Å². The van der Waals surface area contributed by atoms with Crippen molar-refractivity contribution in [1.29, 1.82) is 0 Å². The van der Waals surface area contributed by atoms with E-state index in [1.165, 1.54) is 24.3 Å². The first-order valence-electron chi connectivity index (χ1n) is 6.47. The van der Waals surface area contributed by atoms with Gasteiger partial charge in [0.1, 0.15) is 11.6 Å². The molecule has 2 aromatic carbocycles. The molecule has 0 aliphatic heterocycles. The Morgan fingerprint density at radius 1 is 1.05 bits per heavy atom. The minimum atomic E-state index is -0.349. The molecule has 0 unspecified atom stereocenters. The molecule has 0 saturated carbocycles. The van der Waals surface area contributed by atoms with E-state index in [0.717, 1.165) is 5.75 Å². The number of hydrogen-bond acceptors (Lipinski definition) is 2. The van der Waals surface area contributed by atoms with E-state index in [9.17, 15) is 9.18 Å². The fourth-order valence-corrected chi connectivity index (χ4v) is 1.68. The molecule has 0 aromatic heterocycles. The fourth-order valence-electron chi connectivity index (χ4n) is 1.68. The molecule has 20 heavy (non-hydrogen) atoms. The summed E-state index contributed by atoms with van der Waals surface area (Å²) in [4.78, 5) is 11.7. The van der Waals surface area contributed by atoms with Gasteiger partial charge in [-0.1, -0.05) is 18.2 Å². The van der Waals surface area contributed by atoms with Gasteiger partial charge in [-0.05, 0) is 42.8 Å². The number of nitrogens with one attached hydrogen (secondary N) is 1. The van der Waals surface area contributed by atoms with Crippen molar-refractivity contribution in [3.8, 4) is 5.75 Å². The Balaban J connectivity index is 1.66. The number of hydrogen-bond donors (Lipinski definition) is 1. The Hall–Kier alpha value is -2.36. The average molecular weight is 273 g/mol. The summed E-state index contributed by atoms with van der Waals surface area (Å²) in [6.45, 7) is 1.05. The normalized spacial score (nSPS) is 10.1. The molecule has 3 nitrogen and oxygen atoms in total. The molecule has 2 rings (SSSR count). The van der Waals surface area contributed by atoms with Gasteiger partial charge in [0, 0.05) is 12.1 Å². The van der Waals surface area contributed by atoms with E-state index in [1.54, 1.807) is 0 Å². The summed E-state index contributed by atoms with van der Waals surface area (Å²) in [5.41, 5.74) is 0.454. The van der Waals surface area contributed by atoms with Crippen LogP contribution in [0.1, 0.15) is 16.8 Å². The topological polar surface area (TPSA) is 38.3 Å². The quantitative estimate of drug-likeness (QED) is 0.822. The zero-order valence-corrected chi connectivity index (χ0v) is 11.0. The van der Waals surface area contributed by atoms with Gasteiger partial charge in [-0.25, -0.2) is 4.39 Å². The minimum absolute atomic E-state index is 0.204. The fraction of sp³-hybridized carbons (Fsp3) is 0.188. The first-order valence-corrected chi connectivity index (χ1v) is 6.47. The number of carbonyl (C=O) groups is 1. The second kappa shape index (κ2) is 7.28. The van der Waals surface area contributed by atoms with Crippen LogP contribution in [0.3, 0.4) is 0 Å². The van der Waals surface area contributed by atoms with Crippen molar-refractivity contribution in [1.82, 2.24) is 5.32 Å². The van der Waals surface area contributed by atoms with E-state index >= 15 is 0 Å². The Kier molecular flexibility index (Phi) is 5.12. The maximum absolute atomic E-state index is 12.7. The van der Waals surface area contributed by atoms with Gasteiger partial charge in [0.25, 0.3) is 5.91 Å². The van der Waals surface area contributed by atoms with Crippen molar-refractivity contribution in [2.45, 2.75) is 6.42 Å². The highest BCUT2D eigenvalue weighted by Crippen LogP contribution is 2.08. The molecule has 0 radical (unpaired) electrons. The predicted molar refractivity (Wildman–Crippen MR) is 75.3 cm³/mol. The van der Waals surface area contributed by atoms with Crippen LogP contribution in [-0.4, -0.2) is 19.1 Å². The Morgan fingerprint density at radius 3 is 2.45 bits per heavy atom. The molecule has 4 heteroatoms. The lowest BCUT2D eigenvalue weighted by molar-refractivity contribution is 0.0951.